The molecule has 0 heterocycles. The molecule has 0 N–H and O–H groups in total. The molecule has 0 aromatic heterocycles. The van der Waals surface area contributed by atoms with Crippen molar-refractivity contribution in [3.8, 4) is 0 Å². The summed E-state index contributed by atoms with van der Waals surface area (Å²) in [5, 5.41) is -0.153. The minimum atomic E-state index is -0.205. The number of esters is 1. The molecule has 0 aliphatic rings. The molecular weight excluding hydrogens is 164 g/mol. The van der Waals surface area contributed by atoms with Gasteiger partial charge in [-0.15, -0.1) is 11.6 Å². The fourth-order valence-electron chi connectivity index (χ4n) is 0.522. The first-order chi connectivity index (χ1) is 5.09. The van der Waals surface area contributed by atoms with Crippen LogP contribution in [0, 0.1) is 5.92 Å². The van der Waals surface area contributed by atoms with Gasteiger partial charge in [0.2, 0.25) is 0 Å². The number of carbonyl (C=O) groups is 1. The summed E-state index contributed by atoms with van der Waals surface area (Å²) in [7, 11) is 0. The van der Waals surface area contributed by atoms with E-state index in [1.807, 2.05) is 6.92 Å². The lowest BCUT2D eigenvalue weighted by molar-refractivity contribution is -0.147. The van der Waals surface area contributed by atoms with Crippen LogP contribution in [0.1, 0.15) is 27.2 Å². The third-order valence-corrected chi connectivity index (χ3v) is 1.89. The summed E-state index contributed by atoms with van der Waals surface area (Å²) in [6, 6.07) is 0. The summed E-state index contributed by atoms with van der Waals surface area (Å²) in [6.07, 6.45) is 0.856. The van der Waals surface area contributed by atoms with E-state index in [2.05, 4.69) is 0 Å². The lowest BCUT2D eigenvalue weighted by atomic mass is 10.1. The predicted molar refractivity (Wildman–Crippen MR) is 45.7 cm³/mol. The van der Waals surface area contributed by atoms with E-state index in [0.29, 0.717) is 6.61 Å². The van der Waals surface area contributed by atoms with E-state index in [1.165, 1.54) is 0 Å². The Kier molecular flexibility index (Phi) is 5.30. The second kappa shape index (κ2) is 5.42. The highest BCUT2D eigenvalue weighted by atomic mass is 35.5. The summed E-state index contributed by atoms with van der Waals surface area (Å²) in [4.78, 5) is 11.0. The molecule has 0 radical (unpaired) electrons. The van der Waals surface area contributed by atoms with Gasteiger partial charge < -0.3 is 4.74 Å². The van der Waals surface area contributed by atoms with Crippen molar-refractivity contribution < 1.29 is 9.53 Å². The van der Waals surface area contributed by atoms with Gasteiger partial charge in [0.25, 0.3) is 0 Å². The molecule has 0 saturated heterocycles. The number of rotatable bonds is 4. The van der Waals surface area contributed by atoms with Gasteiger partial charge in [-0.3, -0.25) is 4.79 Å². The molecule has 0 aromatic carbocycles. The number of carbonyl (C=O) groups excluding carboxylic acids is 1. The van der Waals surface area contributed by atoms with E-state index in [-0.39, 0.29) is 17.3 Å². The van der Waals surface area contributed by atoms with E-state index in [1.54, 1.807) is 13.8 Å². The van der Waals surface area contributed by atoms with Gasteiger partial charge in [-0.25, -0.2) is 0 Å². The van der Waals surface area contributed by atoms with Crippen molar-refractivity contribution in [3.63, 3.8) is 0 Å². The van der Waals surface area contributed by atoms with Gasteiger partial charge in [0, 0.05) is 5.38 Å². The lowest BCUT2D eigenvalue weighted by Gasteiger charge is -2.11. The molecule has 0 fully saturated rings. The molecule has 0 aliphatic heterocycles. The Labute approximate surface area is 72.9 Å². The molecule has 0 aliphatic carbocycles. The summed E-state index contributed by atoms with van der Waals surface area (Å²) >= 11 is 5.70. The Balaban J connectivity index is 3.64. The Bertz CT molecular complexity index is 123. The Hall–Kier alpha value is -0.240. The molecule has 2 unspecified atom stereocenters. The minimum Gasteiger partial charge on any atom is -0.465 e. The van der Waals surface area contributed by atoms with E-state index in [9.17, 15) is 4.79 Å². The number of halogens is 1. The zero-order valence-electron chi connectivity index (χ0n) is 7.26. The molecule has 66 valence electrons. The molecule has 0 aromatic rings. The Morgan fingerprint density at radius 3 is 2.45 bits per heavy atom. The number of hydrogen-bond donors (Lipinski definition) is 0. The average Bonchev–Trinajstić information content (AvgIpc) is 1.98. The summed E-state index contributed by atoms with van der Waals surface area (Å²) in [5.41, 5.74) is 0. The maximum absolute atomic E-state index is 11.0. The lowest BCUT2D eigenvalue weighted by Crippen LogP contribution is -2.21. The highest BCUT2D eigenvalue weighted by Gasteiger charge is 2.18. The van der Waals surface area contributed by atoms with Crippen LogP contribution < -0.4 is 0 Å². The zero-order valence-corrected chi connectivity index (χ0v) is 8.02. The fourth-order valence-corrected chi connectivity index (χ4v) is 0.624. The van der Waals surface area contributed by atoms with Crippen LogP contribution >= 0.6 is 11.6 Å². The van der Waals surface area contributed by atoms with Crippen LogP contribution in [0.3, 0.4) is 0 Å². The van der Waals surface area contributed by atoms with Crippen LogP contribution in [0.4, 0.5) is 0 Å². The SMILES string of the molecule is CCCOC(=O)C(C)C(C)Cl. The highest BCUT2D eigenvalue weighted by Crippen LogP contribution is 2.10. The van der Waals surface area contributed by atoms with Gasteiger partial charge in [0.05, 0.1) is 12.5 Å². The van der Waals surface area contributed by atoms with Crippen LogP contribution in [0.2, 0.25) is 0 Å². The quantitative estimate of drug-likeness (QED) is 0.488. The third-order valence-electron chi connectivity index (χ3n) is 1.51. The number of ether oxygens (including phenoxy) is 1. The molecular formula is C8H15ClO2. The monoisotopic (exact) mass is 178 g/mol. The molecule has 11 heavy (non-hydrogen) atoms. The van der Waals surface area contributed by atoms with Crippen molar-refractivity contribution in [3.05, 3.63) is 0 Å². The maximum Gasteiger partial charge on any atom is 0.310 e. The van der Waals surface area contributed by atoms with Crippen molar-refractivity contribution in [2.45, 2.75) is 32.6 Å². The molecule has 0 spiro atoms. The van der Waals surface area contributed by atoms with Crippen molar-refractivity contribution in [1.29, 1.82) is 0 Å². The van der Waals surface area contributed by atoms with Crippen LogP contribution in [0.25, 0.3) is 0 Å². The van der Waals surface area contributed by atoms with Crippen molar-refractivity contribution in [2.75, 3.05) is 6.61 Å². The van der Waals surface area contributed by atoms with Gasteiger partial charge in [0.1, 0.15) is 0 Å². The zero-order chi connectivity index (χ0) is 8.85. The highest BCUT2D eigenvalue weighted by molar-refractivity contribution is 6.21. The van der Waals surface area contributed by atoms with Crippen molar-refractivity contribution in [2.24, 2.45) is 5.92 Å². The fraction of sp³-hybridized carbons (Fsp3) is 0.875. The smallest absolute Gasteiger partial charge is 0.310 e. The Morgan fingerprint density at radius 2 is 2.09 bits per heavy atom. The van der Waals surface area contributed by atoms with E-state index < -0.39 is 0 Å². The molecule has 3 heteroatoms. The van der Waals surface area contributed by atoms with E-state index in [0.717, 1.165) is 6.42 Å². The predicted octanol–water partition coefficient (Wildman–Crippen LogP) is 2.20. The van der Waals surface area contributed by atoms with Gasteiger partial charge >= 0.3 is 5.97 Å². The first-order valence-corrected chi connectivity index (χ1v) is 4.34. The van der Waals surface area contributed by atoms with Crippen LogP contribution in [-0.4, -0.2) is 18.0 Å². The molecule has 0 bridgehead atoms. The average molecular weight is 179 g/mol. The number of hydrogen-bond acceptors (Lipinski definition) is 2. The molecule has 2 atom stereocenters. The second-order valence-corrected chi connectivity index (χ2v) is 3.32. The molecule has 0 amide bonds. The van der Waals surface area contributed by atoms with Gasteiger partial charge in [-0.05, 0) is 13.3 Å². The van der Waals surface area contributed by atoms with Gasteiger partial charge in [-0.1, -0.05) is 13.8 Å². The summed E-state index contributed by atoms with van der Waals surface area (Å²) < 4.78 is 4.89. The van der Waals surface area contributed by atoms with Crippen LogP contribution in [0.15, 0.2) is 0 Å². The van der Waals surface area contributed by atoms with Crippen LogP contribution in [0.5, 0.6) is 0 Å². The number of alkyl halides is 1. The van der Waals surface area contributed by atoms with Crippen LogP contribution in [-0.2, 0) is 9.53 Å². The Morgan fingerprint density at radius 1 is 1.55 bits per heavy atom. The summed E-state index contributed by atoms with van der Waals surface area (Å²) in [6.45, 7) is 6.02. The standard InChI is InChI=1S/C8H15ClO2/c1-4-5-11-8(10)6(2)7(3)9/h6-7H,4-5H2,1-3H3. The largest absolute Gasteiger partial charge is 0.465 e. The minimum absolute atomic E-state index is 0.153. The second-order valence-electron chi connectivity index (χ2n) is 2.63. The first kappa shape index (κ1) is 10.8. The molecule has 2 nitrogen and oxygen atoms in total. The van der Waals surface area contributed by atoms with Crippen molar-refractivity contribution in [1.82, 2.24) is 0 Å². The maximum atomic E-state index is 11.0. The molecule has 0 saturated carbocycles. The van der Waals surface area contributed by atoms with E-state index in [4.69, 9.17) is 16.3 Å². The first-order valence-electron chi connectivity index (χ1n) is 3.90. The summed E-state index contributed by atoms with van der Waals surface area (Å²) in [5.74, 6) is -0.405. The third kappa shape index (κ3) is 4.25. The molecule has 0 rings (SSSR count). The topological polar surface area (TPSA) is 26.3 Å². The normalized spacial score (nSPS) is 15.6. The van der Waals surface area contributed by atoms with Gasteiger partial charge in [-0.2, -0.15) is 0 Å². The van der Waals surface area contributed by atoms with Gasteiger partial charge in [0.15, 0.2) is 0 Å². The van der Waals surface area contributed by atoms with E-state index >= 15 is 0 Å². The van der Waals surface area contributed by atoms with Crippen molar-refractivity contribution >= 4 is 17.6 Å².